The van der Waals surface area contributed by atoms with E-state index < -0.39 is 6.11 Å². The second-order valence-electron chi connectivity index (χ2n) is 1.79. The Kier molecular flexibility index (Phi) is 3.97. The van der Waals surface area contributed by atoms with Gasteiger partial charge in [0.05, 0.1) is 6.61 Å². The minimum atomic E-state index is -3.00. The Hall–Kier alpha value is -0.620. The Morgan fingerprint density at radius 3 is 2.60 bits per heavy atom. The average molecular weight is 148 g/mol. The molecule has 0 aliphatic heterocycles. The summed E-state index contributed by atoms with van der Waals surface area (Å²) in [6.45, 7) is 1.28. The van der Waals surface area contributed by atoms with Gasteiger partial charge in [0, 0.05) is 12.8 Å². The van der Waals surface area contributed by atoms with Crippen molar-refractivity contribution < 1.29 is 13.5 Å². The summed E-state index contributed by atoms with van der Waals surface area (Å²) < 4.78 is 28.5. The molecule has 0 saturated carbocycles. The maximum absolute atomic E-state index is 12.2. The van der Waals surface area contributed by atoms with Gasteiger partial charge in [0.25, 0.3) is 0 Å². The summed E-state index contributed by atoms with van der Waals surface area (Å²) in [5.41, 5.74) is 0. The third-order valence-electron chi connectivity index (χ3n) is 0.971. The highest BCUT2D eigenvalue weighted by Crippen LogP contribution is 2.18. The van der Waals surface area contributed by atoms with E-state index in [1.165, 1.54) is 6.92 Å². The van der Waals surface area contributed by atoms with Crippen LogP contribution in [0.5, 0.6) is 0 Å². The SMILES string of the molecule is C#CCCOC(F)(F)CC. The smallest absolute Gasteiger partial charge is 0.319 e. The summed E-state index contributed by atoms with van der Waals surface area (Å²) in [4.78, 5) is 0. The zero-order chi connectivity index (χ0) is 8.04. The minimum Gasteiger partial charge on any atom is -0.319 e. The van der Waals surface area contributed by atoms with Crippen LogP contribution in [0.25, 0.3) is 0 Å². The largest absolute Gasteiger partial charge is 0.355 e. The van der Waals surface area contributed by atoms with Gasteiger partial charge in [-0.15, -0.1) is 12.3 Å². The van der Waals surface area contributed by atoms with E-state index >= 15 is 0 Å². The molecule has 0 aliphatic carbocycles. The molecule has 0 aromatic carbocycles. The molecule has 0 amide bonds. The summed E-state index contributed by atoms with van der Waals surface area (Å²) in [6.07, 6.45) is 1.75. The van der Waals surface area contributed by atoms with Crippen molar-refractivity contribution in [2.75, 3.05) is 6.61 Å². The molecule has 0 spiro atoms. The summed E-state index contributed by atoms with van der Waals surface area (Å²) >= 11 is 0. The number of hydrogen-bond acceptors (Lipinski definition) is 1. The first kappa shape index (κ1) is 9.38. The first-order valence-electron chi connectivity index (χ1n) is 3.07. The summed E-state index contributed by atoms with van der Waals surface area (Å²) in [6, 6.07) is 0. The lowest BCUT2D eigenvalue weighted by Crippen LogP contribution is -2.19. The molecule has 1 nitrogen and oxygen atoms in total. The van der Waals surface area contributed by atoms with Crippen LogP contribution in [0.1, 0.15) is 19.8 Å². The van der Waals surface area contributed by atoms with Crippen LogP contribution < -0.4 is 0 Å². The average Bonchev–Trinajstić information content (AvgIpc) is 1.89. The molecule has 0 aromatic heterocycles. The topological polar surface area (TPSA) is 9.23 Å². The van der Waals surface area contributed by atoms with Crippen LogP contribution in [-0.4, -0.2) is 12.7 Å². The fourth-order valence-corrected chi connectivity index (χ4v) is 0.361. The van der Waals surface area contributed by atoms with Crippen molar-refractivity contribution in [2.45, 2.75) is 25.9 Å². The Balaban J connectivity index is 3.39. The van der Waals surface area contributed by atoms with Gasteiger partial charge in [0.2, 0.25) is 0 Å². The summed E-state index contributed by atoms with van der Waals surface area (Å²) in [5.74, 6) is 2.21. The van der Waals surface area contributed by atoms with Gasteiger partial charge in [0.1, 0.15) is 0 Å². The van der Waals surface area contributed by atoms with E-state index in [1.807, 2.05) is 0 Å². The highest BCUT2D eigenvalue weighted by atomic mass is 19.3. The van der Waals surface area contributed by atoms with Gasteiger partial charge in [-0.05, 0) is 0 Å². The Bertz CT molecular complexity index is 126. The second-order valence-corrected chi connectivity index (χ2v) is 1.79. The van der Waals surface area contributed by atoms with Crippen LogP contribution in [0.4, 0.5) is 8.78 Å². The van der Waals surface area contributed by atoms with Gasteiger partial charge in [-0.2, -0.15) is 8.78 Å². The van der Waals surface area contributed by atoms with E-state index in [9.17, 15) is 8.78 Å². The Labute approximate surface area is 59.4 Å². The van der Waals surface area contributed by atoms with Gasteiger partial charge in [0.15, 0.2) is 0 Å². The van der Waals surface area contributed by atoms with Crippen molar-refractivity contribution in [1.82, 2.24) is 0 Å². The second kappa shape index (κ2) is 4.24. The number of halogens is 2. The Morgan fingerprint density at radius 1 is 1.60 bits per heavy atom. The van der Waals surface area contributed by atoms with Gasteiger partial charge in [-0.1, -0.05) is 6.92 Å². The molecule has 0 atom stereocenters. The van der Waals surface area contributed by atoms with E-state index in [2.05, 4.69) is 10.7 Å². The molecule has 0 rings (SSSR count). The molecular formula is C7H10F2O. The van der Waals surface area contributed by atoms with Crippen molar-refractivity contribution in [3.8, 4) is 12.3 Å². The predicted octanol–water partition coefficient (Wildman–Crippen LogP) is 2.03. The van der Waals surface area contributed by atoms with E-state index in [4.69, 9.17) is 6.42 Å². The maximum atomic E-state index is 12.2. The zero-order valence-corrected chi connectivity index (χ0v) is 5.86. The van der Waals surface area contributed by atoms with Crippen molar-refractivity contribution in [3.05, 3.63) is 0 Å². The predicted molar refractivity (Wildman–Crippen MR) is 34.6 cm³/mol. The molecule has 0 heterocycles. The fourth-order valence-electron chi connectivity index (χ4n) is 0.361. The van der Waals surface area contributed by atoms with Crippen LogP contribution >= 0.6 is 0 Å². The van der Waals surface area contributed by atoms with Gasteiger partial charge >= 0.3 is 6.11 Å². The number of alkyl halides is 2. The molecule has 0 bridgehead atoms. The molecule has 0 aromatic rings. The normalized spacial score (nSPS) is 11.0. The van der Waals surface area contributed by atoms with Crippen molar-refractivity contribution in [2.24, 2.45) is 0 Å². The number of hydrogen-bond donors (Lipinski definition) is 0. The van der Waals surface area contributed by atoms with Crippen molar-refractivity contribution in [3.63, 3.8) is 0 Å². The fraction of sp³-hybridized carbons (Fsp3) is 0.714. The lowest BCUT2D eigenvalue weighted by molar-refractivity contribution is -0.238. The van der Waals surface area contributed by atoms with Crippen molar-refractivity contribution >= 4 is 0 Å². The lowest BCUT2D eigenvalue weighted by atomic mass is 10.4. The third kappa shape index (κ3) is 4.28. The molecule has 0 fully saturated rings. The Morgan fingerprint density at radius 2 is 2.20 bits per heavy atom. The molecular weight excluding hydrogens is 138 g/mol. The molecule has 0 saturated heterocycles. The molecule has 58 valence electrons. The number of rotatable bonds is 4. The minimum absolute atomic E-state index is 0.0721. The monoisotopic (exact) mass is 148 g/mol. The highest BCUT2D eigenvalue weighted by Gasteiger charge is 2.26. The first-order chi connectivity index (χ1) is 4.62. The van der Waals surface area contributed by atoms with E-state index in [1.54, 1.807) is 0 Å². The van der Waals surface area contributed by atoms with Crippen LogP contribution in [0, 0.1) is 12.3 Å². The third-order valence-corrected chi connectivity index (χ3v) is 0.971. The van der Waals surface area contributed by atoms with Crippen LogP contribution in [0.15, 0.2) is 0 Å². The standard InChI is InChI=1S/C7H10F2O/c1-3-5-6-10-7(8,9)4-2/h1H,4-6H2,2H3. The number of ether oxygens (including phenoxy) is 1. The highest BCUT2D eigenvalue weighted by molar-refractivity contribution is 4.82. The van der Waals surface area contributed by atoms with E-state index in [-0.39, 0.29) is 19.4 Å². The van der Waals surface area contributed by atoms with Gasteiger partial charge < -0.3 is 4.74 Å². The molecule has 0 N–H and O–H groups in total. The quantitative estimate of drug-likeness (QED) is 0.438. The summed E-state index contributed by atoms with van der Waals surface area (Å²) in [7, 11) is 0. The zero-order valence-electron chi connectivity index (χ0n) is 5.86. The van der Waals surface area contributed by atoms with E-state index in [0.717, 1.165) is 0 Å². The van der Waals surface area contributed by atoms with E-state index in [0.29, 0.717) is 0 Å². The van der Waals surface area contributed by atoms with Crippen LogP contribution in [-0.2, 0) is 4.74 Å². The molecule has 0 aliphatic rings. The number of terminal acetylenes is 1. The summed E-state index contributed by atoms with van der Waals surface area (Å²) in [5, 5.41) is 0. The van der Waals surface area contributed by atoms with Gasteiger partial charge in [-0.3, -0.25) is 0 Å². The molecule has 0 unspecified atom stereocenters. The molecule has 0 radical (unpaired) electrons. The maximum Gasteiger partial charge on any atom is 0.355 e. The van der Waals surface area contributed by atoms with Gasteiger partial charge in [-0.25, -0.2) is 0 Å². The lowest BCUT2D eigenvalue weighted by Gasteiger charge is -2.12. The van der Waals surface area contributed by atoms with Crippen LogP contribution in [0.3, 0.4) is 0 Å². The first-order valence-corrected chi connectivity index (χ1v) is 3.07. The van der Waals surface area contributed by atoms with Crippen molar-refractivity contribution in [1.29, 1.82) is 0 Å². The van der Waals surface area contributed by atoms with Crippen LogP contribution in [0.2, 0.25) is 0 Å². The molecule has 3 heteroatoms. The molecule has 10 heavy (non-hydrogen) atoms.